The van der Waals surface area contributed by atoms with Gasteiger partial charge in [0.2, 0.25) is 16.8 Å². The molecule has 1 unspecified atom stereocenters. The molecule has 1 heterocycles. The number of esters is 1. The predicted octanol–water partition coefficient (Wildman–Crippen LogP) is 2.45. The van der Waals surface area contributed by atoms with Crippen molar-refractivity contribution in [3.63, 3.8) is 0 Å². The molecule has 33 heavy (non-hydrogen) atoms. The van der Waals surface area contributed by atoms with Crippen molar-refractivity contribution in [3.05, 3.63) is 53.3 Å². The van der Waals surface area contributed by atoms with Crippen LogP contribution in [0.4, 0.5) is 4.39 Å². The Labute approximate surface area is 191 Å². The number of amides is 1. The lowest BCUT2D eigenvalue weighted by atomic mass is 10.2. The Hall–Kier alpha value is -3.18. The number of halogens is 1. The zero-order valence-corrected chi connectivity index (χ0v) is 19.3. The molecule has 0 aliphatic carbocycles. The summed E-state index contributed by atoms with van der Waals surface area (Å²) in [7, 11) is -4.12. The van der Waals surface area contributed by atoms with Crippen molar-refractivity contribution in [1.82, 2.24) is 9.62 Å². The molecular formula is C22H25FN2O7S. The number of hydrogen-bond donors (Lipinski definition) is 1. The molecule has 9 nitrogen and oxygen atoms in total. The van der Waals surface area contributed by atoms with E-state index in [4.69, 9.17) is 14.2 Å². The highest BCUT2D eigenvalue weighted by atomic mass is 32.2. The summed E-state index contributed by atoms with van der Waals surface area (Å²) in [5, 5.41) is 2.65. The Morgan fingerprint density at radius 2 is 1.82 bits per heavy atom. The largest absolute Gasteiger partial charge is 0.454 e. The van der Waals surface area contributed by atoms with Crippen molar-refractivity contribution in [2.45, 2.75) is 38.3 Å². The van der Waals surface area contributed by atoms with Crippen LogP contribution in [-0.4, -0.2) is 50.6 Å². The van der Waals surface area contributed by atoms with Gasteiger partial charge >= 0.3 is 5.97 Å². The first-order chi connectivity index (χ1) is 15.7. The van der Waals surface area contributed by atoms with Gasteiger partial charge < -0.3 is 19.5 Å². The van der Waals surface area contributed by atoms with E-state index < -0.39 is 38.7 Å². The van der Waals surface area contributed by atoms with E-state index in [-0.39, 0.29) is 32.0 Å². The number of sulfonamides is 1. The molecule has 0 saturated carbocycles. The molecule has 2 aromatic rings. The summed E-state index contributed by atoms with van der Waals surface area (Å²) in [6.07, 6.45) is -1.17. The molecule has 11 heteroatoms. The minimum Gasteiger partial charge on any atom is -0.454 e. The van der Waals surface area contributed by atoms with Crippen LogP contribution in [0.1, 0.15) is 36.7 Å². The van der Waals surface area contributed by atoms with E-state index in [1.54, 1.807) is 32.0 Å². The zero-order chi connectivity index (χ0) is 24.2. The summed E-state index contributed by atoms with van der Waals surface area (Å²) in [6, 6.07) is 8.14. The average molecular weight is 481 g/mol. The number of fused-ring (bicyclic) bond motifs is 1. The van der Waals surface area contributed by atoms with Crippen LogP contribution in [0.5, 0.6) is 11.5 Å². The number of nitrogens with one attached hydrogen (secondary N) is 1. The van der Waals surface area contributed by atoms with E-state index in [1.807, 2.05) is 0 Å². The fourth-order valence-corrected chi connectivity index (χ4v) is 4.74. The first-order valence-corrected chi connectivity index (χ1v) is 11.8. The van der Waals surface area contributed by atoms with Gasteiger partial charge in [-0.2, -0.15) is 4.31 Å². The highest BCUT2D eigenvalue weighted by Gasteiger charge is 2.27. The van der Waals surface area contributed by atoms with Crippen molar-refractivity contribution >= 4 is 21.9 Å². The van der Waals surface area contributed by atoms with E-state index in [2.05, 4.69) is 5.32 Å². The molecule has 0 saturated heterocycles. The Balaban J connectivity index is 1.65. The number of hydrogen-bond acceptors (Lipinski definition) is 7. The molecule has 0 spiro atoms. The Morgan fingerprint density at radius 1 is 1.12 bits per heavy atom. The smallest absolute Gasteiger partial charge is 0.338 e. The lowest BCUT2D eigenvalue weighted by molar-refractivity contribution is -0.129. The van der Waals surface area contributed by atoms with Gasteiger partial charge in [-0.15, -0.1) is 0 Å². The number of nitrogens with zero attached hydrogens (tertiary/aromatic N) is 1. The highest BCUT2D eigenvalue weighted by molar-refractivity contribution is 7.89. The van der Waals surface area contributed by atoms with Crippen LogP contribution in [0.3, 0.4) is 0 Å². The molecule has 1 aliphatic heterocycles. The molecule has 1 N–H and O–H groups in total. The average Bonchev–Trinajstić information content (AvgIpc) is 3.26. The number of benzene rings is 2. The number of carbonyl (C=O) groups is 2. The van der Waals surface area contributed by atoms with Gasteiger partial charge in [-0.3, -0.25) is 4.79 Å². The minimum atomic E-state index is -4.12. The van der Waals surface area contributed by atoms with Gasteiger partial charge in [0.1, 0.15) is 10.7 Å². The van der Waals surface area contributed by atoms with Crippen LogP contribution in [0.15, 0.2) is 41.3 Å². The van der Waals surface area contributed by atoms with Gasteiger partial charge in [-0.1, -0.05) is 19.9 Å². The van der Waals surface area contributed by atoms with Crippen LogP contribution in [0.2, 0.25) is 0 Å². The fraction of sp³-hybridized carbons (Fsp3) is 0.364. The number of ether oxygens (including phenoxy) is 3. The molecular weight excluding hydrogens is 455 g/mol. The van der Waals surface area contributed by atoms with Gasteiger partial charge in [-0.05, 0) is 42.8 Å². The summed E-state index contributed by atoms with van der Waals surface area (Å²) in [5.41, 5.74) is 0.577. The van der Waals surface area contributed by atoms with Crippen LogP contribution in [-0.2, 0) is 26.1 Å². The molecule has 3 rings (SSSR count). The third-order valence-corrected chi connectivity index (χ3v) is 7.11. The van der Waals surface area contributed by atoms with E-state index in [1.165, 1.54) is 6.92 Å². The van der Waals surface area contributed by atoms with Crippen molar-refractivity contribution in [2.75, 3.05) is 19.9 Å². The molecule has 1 aliphatic rings. The van der Waals surface area contributed by atoms with Gasteiger partial charge in [0, 0.05) is 19.6 Å². The van der Waals surface area contributed by atoms with Crippen molar-refractivity contribution < 1.29 is 36.6 Å². The van der Waals surface area contributed by atoms with E-state index >= 15 is 0 Å². The zero-order valence-electron chi connectivity index (χ0n) is 18.5. The first kappa shape index (κ1) is 24.5. The third-order valence-electron chi connectivity index (χ3n) is 5.05. The Bertz CT molecular complexity index is 1150. The second-order valence-electron chi connectivity index (χ2n) is 7.19. The lowest BCUT2D eigenvalue weighted by Gasteiger charge is -2.19. The van der Waals surface area contributed by atoms with Crippen molar-refractivity contribution in [1.29, 1.82) is 0 Å². The second kappa shape index (κ2) is 10.2. The van der Waals surface area contributed by atoms with Crippen molar-refractivity contribution in [3.8, 4) is 11.5 Å². The Kier molecular flexibility index (Phi) is 7.54. The van der Waals surface area contributed by atoms with Crippen molar-refractivity contribution in [2.24, 2.45) is 0 Å². The molecule has 0 radical (unpaired) electrons. The monoisotopic (exact) mass is 480 g/mol. The SMILES string of the molecule is CCN(CC)S(=O)(=O)c1cc(C(=O)OC(C)C(=O)NCc2ccc3c(c2)OCO3)ccc1F. The van der Waals surface area contributed by atoms with E-state index in [9.17, 15) is 22.4 Å². The van der Waals surface area contributed by atoms with Gasteiger partial charge in [0.25, 0.3) is 5.91 Å². The quantitative estimate of drug-likeness (QED) is 0.549. The summed E-state index contributed by atoms with van der Waals surface area (Å²) < 4.78 is 56.3. The molecule has 0 bridgehead atoms. The maximum absolute atomic E-state index is 14.3. The molecule has 1 amide bonds. The highest BCUT2D eigenvalue weighted by Crippen LogP contribution is 2.32. The van der Waals surface area contributed by atoms with Gasteiger partial charge in [0.15, 0.2) is 17.6 Å². The normalized spacial score (nSPS) is 13.6. The predicted molar refractivity (Wildman–Crippen MR) is 116 cm³/mol. The maximum atomic E-state index is 14.3. The summed E-state index contributed by atoms with van der Waals surface area (Å²) in [5.74, 6) is -1.29. The lowest BCUT2D eigenvalue weighted by Crippen LogP contribution is -2.35. The van der Waals surface area contributed by atoms with Gasteiger partial charge in [-0.25, -0.2) is 17.6 Å². The van der Waals surface area contributed by atoms with Crippen LogP contribution >= 0.6 is 0 Å². The Morgan fingerprint density at radius 3 is 2.52 bits per heavy atom. The number of rotatable bonds is 9. The standard InChI is InChI=1S/C22H25FN2O7S/c1-4-25(5-2)33(28,29)20-11-16(7-8-17(20)23)22(27)32-14(3)21(26)24-12-15-6-9-18-19(10-15)31-13-30-18/h6-11,14H,4-5,12-13H2,1-3H3,(H,24,26). The van der Waals surface area contributed by atoms with Crippen LogP contribution in [0, 0.1) is 5.82 Å². The minimum absolute atomic E-state index is 0.138. The van der Waals surface area contributed by atoms with Gasteiger partial charge in [0.05, 0.1) is 5.56 Å². The third kappa shape index (κ3) is 5.42. The molecule has 0 aromatic heterocycles. The first-order valence-electron chi connectivity index (χ1n) is 10.3. The van der Waals surface area contributed by atoms with E-state index in [0.717, 1.165) is 28.1 Å². The second-order valence-corrected chi connectivity index (χ2v) is 9.09. The summed E-state index contributed by atoms with van der Waals surface area (Å²) >= 11 is 0. The number of carbonyl (C=O) groups excluding carboxylic acids is 2. The molecule has 2 aromatic carbocycles. The fourth-order valence-electron chi connectivity index (χ4n) is 3.20. The van der Waals surface area contributed by atoms with Crippen LogP contribution < -0.4 is 14.8 Å². The van der Waals surface area contributed by atoms with E-state index in [0.29, 0.717) is 11.5 Å². The molecule has 178 valence electrons. The molecule has 1 atom stereocenters. The van der Waals surface area contributed by atoms with Crippen LogP contribution in [0.25, 0.3) is 0 Å². The topological polar surface area (TPSA) is 111 Å². The maximum Gasteiger partial charge on any atom is 0.338 e. The molecule has 0 fully saturated rings. The summed E-state index contributed by atoms with van der Waals surface area (Å²) in [6.45, 7) is 5.23. The summed E-state index contributed by atoms with van der Waals surface area (Å²) in [4.78, 5) is 24.2.